The summed E-state index contributed by atoms with van der Waals surface area (Å²) in [5, 5.41) is 0. The van der Waals surface area contributed by atoms with Crippen LogP contribution in [0.15, 0.2) is 30.6 Å². The average molecular weight is 453 g/mol. The summed E-state index contributed by atoms with van der Waals surface area (Å²) < 4.78 is 96.5. The fraction of sp³-hybridized carbons (Fsp3) is 0.353. The van der Waals surface area contributed by atoms with Gasteiger partial charge in [0, 0.05) is 12.4 Å². The molecule has 2 rings (SSSR count). The molecule has 0 radical (unpaired) electrons. The SMILES string of the molecule is COC(=O)c1nccnc1N(CC(F)F)S(=O)(=O)Cc1cc(C)ccc1C(F)(F)F. The fourth-order valence-corrected chi connectivity index (χ4v) is 4.13. The van der Waals surface area contributed by atoms with E-state index in [1.165, 1.54) is 6.92 Å². The summed E-state index contributed by atoms with van der Waals surface area (Å²) in [7, 11) is -3.89. The van der Waals surface area contributed by atoms with Crippen LogP contribution in [0.25, 0.3) is 0 Å². The Kier molecular flexibility index (Phi) is 6.95. The Morgan fingerprint density at radius 3 is 2.40 bits per heavy atom. The highest BCUT2D eigenvalue weighted by molar-refractivity contribution is 7.92. The van der Waals surface area contributed by atoms with Crippen molar-refractivity contribution in [2.75, 3.05) is 18.0 Å². The van der Waals surface area contributed by atoms with E-state index in [0.717, 1.165) is 31.6 Å². The van der Waals surface area contributed by atoms with Gasteiger partial charge in [-0.2, -0.15) is 13.2 Å². The number of aryl methyl sites for hydroxylation is 1. The van der Waals surface area contributed by atoms with Gasteiger partial charge in [-0.25, -0.2) is 36.3 Å². The van der Waals surface area contributed by atoms with Crippen LogP contribution in [0.4, 0.5) is 27.8 Å². The second-order valence-corrected chi connectivity index (χ2v) is 7.95. The third kappa shape index (κ3) is 5.40. The van der Waals surface area contributed by atoms with E-state index in [1.54, 1.807) is 0 Å². The molecule has 30 heavy (non-hydrogen) atoms. The van der Waals surface area contributed by atoms with Crippen molar-refractivity contribution in [3.8, 4) is 0 Å². The van der Waals surface area contributed by atoms with Crippen LogP contribution in [0.5, 0.6) is 0 Å². The lowest BCUT2D eigenvalue weighted by atomic mass is 10.1. The molecule has 1 aromatic carbocycles. The van der Waals surface area contributed by atoms with E-state index in [4.69, 9.17) is 0 Å². The summed E-state index contributed by atoms with van der Waals surface area (Å²) >= 11 is 0. The Morgan fingerprint density at radius 1 is 1.20 bits per heavy atom. The Morgan fingerprint density at radius 2 is 1.83 bits per heavy atom. The molecule has 13 heteroatoms. The van der Waals surface area contributed by atoms with Gasteiger partial charge in [0.2, 0.25) is 10.0 Å². The van der Waals surface area contributed by atoms with Crippen LogP contribution in [-0.4, -0.2) is 44.4 Å². The number of carbonyl (C=O) groups excluding carboxylic acids is 1. The van der Waals surface area contributed by atoms with Gasteiger partial charge >= 0.3 is 12.1 Å². The summed E-state index contributed by atoms with van der Waals surface area (Å²) in [5.41, 5.74) is -2.20. The zero-order valence-electron chi connectivity index (χ0n) is 15.7. The number of carbonyl (C=O) groups is 1. The van der Waals surface area contributed by atoms with Crippen LogP contribution in [-0.2, 0) is 26.7 Å². The third-order valence-corrected chi connectivity index (χ3v) is 5.51. The molecule has 0 saturated heterocycles. The van der Waals surface area contributed by atoms with E-state index in [0.29, 0.717) is 11.6 Å². The van der Waals surface area contributed by atoms with Crippen molar-refractivity contribution in [1.29, 1.82) is 0 Å². The van der Waals surface area contributed by atoms with E-state index in [9.17, 15) is 35.2 Å². The van der Waals surface area contributed by atoms with Gasteiger partial charge in [0.15, 0.2) is 11.5 Å². The molecule has 0 amide bonds. The normalized spacial score (nSPS) is 12.1. The Balaban J connectivity index is 2.60. The molecule has 0 spiro atoms. The summed E-state index contributed by atoms with van der Waals surface area (Å²) in [6, 6.07) is 2.85. The lowest BCUT2D eigenvalue weighted by Crippen LogP contribution is -2.38. The van der Waals surface area contributed by atoms with Crippen molar-refractivity contribution in [2.24, 2.45) is 0 Å². The molecule has 164 valence electrons. The molecule has 0 saturated carbocycles. The first-order valence-electron chi connectivity index (χ1n) is 8.21. The van der Waals surface area contributed by atoms with Gasteiger partial charge in [-0.05, 0) is 18.6 Å². The molecule has 1 aromatic heterocycles. The fourth-order valence-electron chi connectivity index (χ4n) is 2.60. The zero-order chi connectivity index (χ0) is 22.7. The molecule has 0 aliphatic carbocycles. The smallest absolute Gasteiger partial charge is 0.416 e. The average Bonchev–Trinajstić information content (AvgIpc) is 2.64. The molecule has 0 bridgehead atoms. The molecule has 2 aromatic rings. The summed E-state index contributed by atoms with van der Waals surface area (Å²) in [6.07, 6.45) is -6.13. The maximum atomic E-state index is 13.3. The van der Waals surface area contributed by atoms with Crippen molar-refractivity contribution >= 4 is 21.8 Å². The number of anilines is 1. The summed E-state index contributed by atoms with van der Waals surface area (Å²) in [4.78, 5) is 19.1. The van der Waals surface area contributed by atoms with Gasteiger partial charge in [-0.3, -0.25) is 0 Å². The lowest BCUT2D eigenvalue weighted by Gasteiger charge is -2.25. The van der Waals surface area contributed by atoms with E-state index in [-0.39, 0.29) is 4.31 Å². The number of alkyl halides is 5. The second-order valence-electron chi connectivity index (χ2n) is 6.06. The topological polar surface area (TPSA) is 89.5 Å². The number of nitrogens with zero attached hydrogens (tertiary/aromatic N) is 3. The predicted octanol–water partition coefficient (Wildman–Crippen LogP) is 3.19. The highest BCUT2D eigenvalue weighted by atomic mass is 32.2. The first kappa shape index (κ1) is 23.4. The highest BCUT2D eigenvalue weighted by Gasteiger charge is 2.37. The molecule has 0 aliphatic rings. The number of sulfonamides is 1. The third-order valence-electron chi connectivity index (χ3n) is 3.84. The number of hydrogen-bond acceptors (Lipinski definition) is 6. The van der Waals surface area contributed by atoms with Gasteiger partial charge in [0.1, 0.15) is 0 Å². The molecule has 1 heterocycles. The number of aromatic nitrogens is 2. The van der Waals surface area contributed by atoms with Crippen molar-refractivity contribution < 1.29 is 39.9 Å². The zero-order valence-corrected chi connectivity index (χ0v) is 16.5. The summed E-state index contributed by atoms with van der Waals surface area (Å²) in [6.45, 7) is 0.00339. The van der Waals surface area contributed by atoms with Crippen molar-refractivity contribution in [3.05, 3.63) is 53.0 Å². The maximum absolute atomic E-state index is 13.3. The summed E-state index contributed by atoms with van der Waals surface area (Å²) in [5.74, 6) is -3.18. The number of esters is 1. The van der Waals surface area contributed by atoms with Gasteiger partial charge in [0.05, 0.1) is 25.0 Å². The van der Waals surface area contributed by atoms with E-state index >= 15 is 0 Å². The van der Waals surface area contributed by atoms with Crippen LogP contribution in [0.1, 0.15) is 27.2 Å². The number of rotatable bonds is 7. The highest BCUT2D eigenvalue weighted by Crippen LogP contribution is 2.34. The number of ether oxygens (including phenoxy) is 1. The minimum atomic E-state index is -4.87. The van der Waals surface area contributed by atoms with Crippen molar-refractivity contribution in [3.63, 3.8) is 0 Å². The minimum absolute atomic E-state index is 0.0689. The van der Waals surface area contributed by atoms with Gasteiger partial charge in [-0.1, -0.05) is 17.7 Å². The first-order valence-corrected chi connectivity index (χ1v) is 9.82. The quantitative estimate of drug-likeness (QED) is 0.473. The second kappa shape index (κ2) is 8.90. The monoisotopic (exact) mass is 453 g/mol. The van der Waals surface area contributed by atoms with Crippen LogP contribution < -0.4 is 4.31 Å². The predicted molar refractivity (Wildman–Crippen MR) is 95.5 cm³/mol. The molecule has 0 unspecified atom stereocenters. The van der Waals surface area contributed by atoms with E-state index in [1.807, 2.05) is 0 Å². The van der Waals surface area contributed by atoms with Crippen molar-refractivity contribution in [1.82, 2.24) is 9.97 Å². The Labute approximate surface area is 168 Å². The molecule has 7 nitrogen and oxygen atoms in total. The Bertz CT molecular complexity index is 1030. The minimum Gasteiger partial charge on any atom is -0.464 e. The van der Waals surface area contributed by atoms with Gasteiger partial charge in [-0.15, -0.1) is 0 Å². The molecular formula is C17H16F5N3O4S. The van der Waals surface area contributed by atoms with Crippen molar-refractivity contribution in [2.45, 2.75) is 25.3 Å². The molecule has 0 aliphatic heterocycles. The molecule has 0 N–H and O–H groups in total. The number of methoxy groups -OCH3 is 1. The molecule has 0 atom stereocenters. The van der Waals surface area contributed by atoms with Crippen LogP contribution >= 0.6 is 0 Å². The Hall–Kier alpha value is -2.83. The largest absolute Gasteiger partial charge is 0.464 e. The van der Waals surface area contributed by atoms with Crippen LogP contribution in [0.2, 0.25) is 0 Å². The van der Waals surface area contributed by atoms with Gasteiger partial charge in [0.25, 0.3) is 6.43 Å². The lowest BCUT2D eigenvalue weighted by molar-refractivity contribution is -0.138. The number of halogens is 5. The van der Waals surface area contributed by atoms with Crippen LogP contribution in [0, 0.1) is 6.92 Å². The van der Waals surface area contributed by atoms with Crippen LogP contribution in [0.3, 0.4) is 0 Å². The van der Waals surface area contributed by atoms with E-state index < -0.39 is 63.5 Å². The number of benzene rings is 1. The molecule has 0 fully saturated rings. The first-order chi connectivity index (χ1) is 13.9. The standard InChI is InChI=1S/C17H16F5N3O4S/c1-10-3-4-12(17(20,21)22)11(7-10)9-30(27,28)25(8-13(18)19)15-14(16(26)29-2)23-5-6-24-15/h3-7,13H,8-9H2,1-2H3. The maximum Gasteiger partial charge on any atom is 0.416 e. The van der Waals surface area contributed by atoms with E-state index in [2.05, 4.69) is 14.7 Å². The number of hydrogen-bond donors (Lipinski definition) is 0. The molecular weight excluding hydrogens is 437 g/mol. The van der Waals surface area contributed by atoms with Gasteiger partial charge < -0.3 is 4.74 Å².